The van der Waals surface area contributed by atoms with Gasteiger partial charge in [-0.15, -0.1) is 0 Å². The summed E-state index contributed by atoms with van der Waals surface area (Å²) >= 11 is 0. The highest BCUT2D eigenvalue weighted by Crippen LogP contribution is 2.35. The zero-order chi connectivity index (χ0) is 15.0. The number of nitrogens with one attached hydrogen (secondary N) is 1. The molecule has 0 bridgehead atoms. The molecule has 4 nitrogen and oxygen atoms in total. The van der Waals surface area contributed by atoms with Crippen LogP contribution in [0.25, 0.3) is 0 Å². The van der Waals surface area contributed by atoms with Crippen molar-refractivity contribution >= 4 is 15.5 Å². The van der Waals surface area contributed by atoms with Crippen molar-refractivity contribution in [3.05, 3.63) is 53.6 Å². The number of benzene rings is 2. The molecule has 1 N–H and O–H groups in total. The number of rotatable bonds is 2. The molecule has 0 aromatic heterocycles. The normalized spacial score (nSPS) is 17.5. The largest absolute Gasteiger partial charge is 0.482 e. The second-order valence-electron chi connectivity index (χ2n) is 5.33. The zero-order valence-corrected chi connectivity index (χ0v) is 12.8. The maximum absolute atomic E-state index is 11.6. The summed E-state index contributed by atoms with van der Waals surface area (Å²) in [5, 5.41) is 3.25. The first-order chi connectivity index (χ1) is 9.93. The molecule has 0 aliphatic carbocycles. The molecular weight excluding hydrogens is 286 g/mol. The Morgan fingerprint density at radius 1 is 1.19 bits per heavy atom. The summed E-state index contributed by atoms with van der Waals surface area (Å²) in [6, 6.07) is 13.1. The first-order valence-corrected chi connectivity index (χ1v) is 8.64. The van der Waals surface area contributed by atoms with Crippen LogP contribution in [0.5, 0.6) is 5.75 Å². The lowest BCUT2D eigenvalue weighted by atomic mass is 10.1. The number of anilines is 1. The van der Waals surface area contributed by atoms with Crippen LogP contribution in [-0.4, -0.2) is 21.2 Å². The van der Waals surface area contributed by atoms with E-state index < -0.39 is 9.84 Å². The average Bonchev–Trinajstić information content (AvgIpc) is 2.45. The molecule has 1 aliphatic rings. The van der Waals surface area contributed by atoms with Gasteiger partial charge in [0.15, 0.2) is 9.84 Å². The molecule has 1 unspecified atom stereocenters. The standard InChI is InChI=1S/C16H17NO3S/c1-11-4-3-5-12(8-11)16-10-17-14-9-13(21(2,18)19)6-7-15(14)20-16/h3-9,16-17H,10H2,1-2H3. The van der Waals surface area contributed by atoms with Gasteiger partial charge in [0.2, 0.25) is 0 Å². The Bertz CT molecular complexity index is 784. The molecule has 21 heavy (non-hydrogen) atoms. The van der Waals surface area contributed by atoms with Gasteiger partial charge in [-0.3, -0.25) is 0 Å². The number of hydrogen-bond donors (Lipinski definition) is 1. The summed E-state index contributed by atoms with van der Waals surface area (Å²) < 4.78 is 29.1. The number of ether oxygens (including phenoxy) is 1. The topological polar surface area (TPSA) is 55.4 Å². The molecule has 0 fully saturated rings. The average molecular weight is 303 g/mol. The van der Waals surface area contributed by atoms with E-state index >= 15 is 0 Å². The molecule has 1 aliphatic heterocycles. The summed E-state index contributed by atoms with van der Waals surface area (Å²) in [5.41, 5.74) is 3.02. The Balaban J connectivity index is 1.90. The third-order valence-electron chi connectivity index (χ3n) is 3.54. The van der Waals surface area contributed by atoms with E-state index in [1.165, 1.54) is 11.8 Å². The van der Waals surface area contributed by atoms with Crippen LogP contribution in [0.1, 0.15) is 17.2 Å². The van der Waals surface area contributed by atoms with Crippen LogP contribution in [0.2, 0.25) is 0 Å². The van der Waals surface area contributed by atoms with Crippen LogP contribution < -0.4 is 10.1 Å². The highest BCUT2D eigenvalue weighted by atomic mass is 32.2. The van der Waals surface area contributed by atoms with Gasteiger partial charge < -0.3 is 10.1 Å². The SMILES string of the molecule is Cc1cccc(C2CNc3cc(S(C)(=O)=O)ccc3O2)c1. The number of hydrogen-bond acceptors (Lipinski definition) is 4. The molecule has 1 heterocycles. The Morgan fingerprint density at radius 3 is 2.71 bits per heavy atom. The van der Waals surface area contributed by atoms with E-state index in [9.17, 15) is 8.42 Å². The fourth-order valence-electron chi connectivity index (χ4n) is 2.43. The van der Waals surface area contributed by atoms with E-state index in [0.29, 0.717) is 17.2 Å². The lowest BCUT2D eigenvalue weighted by Crippen LogP contribution is -2.23. The van der Waals surface area contributed by atoms with Crippen LogP contribution in [0.4, 0.5) is 5.69 Å². The summed E-state index contributed by atoms with van der Waals surface area (Å²) in [7, 11) is -3.20. The van der Waals surface area contributed by atoms with Crippen LogP contribution in [0.3, 0.4) is 0 Å². The Labute approximate surface area is 124 Å². The quantitative estimate of drug-likeness (QED) is 0.927. The third kappa shape index (κ3) is 2.88. The predicted molar refractivity (Wildman–Crippen MR) is 82.6 cm³/mol. The molecule has 0 saturated heterocycles. The van der Waals surface area contributed by atoms with Gasteiger partial charge >= 0.3 is 0 Å². The van der Waals surface area contributed by atoms with Gasteiger partial charge in [-0.05, 0) is 30.7 Å². The van der Waals surface area contributed by atoms with Crippen molar-refractivity contribution in [2.75, 3.05) is 18.1 Å². The fourth-order valence-corrected chi connectivity index (χ4v) is 3.08. The molecule has 0 saturated carbocycles. The van der Waals surface area contributed by atoms with Crippen molar-refractivity contribution in [1.82, 2.24) is 0 Å². The van der Waals surface area contributed by atoms with E-state index in [1.54, 1.807) is 18.2 Å². The maximum Gasteiger partial charge on any atom is 0.175 e. The second-order valence-corrected chi connectivity index (χ2v) is 7.35. The summed E-state index contributed by atoms with van der Waals surface area (Å²) in [5.74, 6) is 0.681. The molecule has 0 spiro atoms. The lowest BCUT2D eigenvalue weighted by Gasteiger charge is -2.28. The third-order valence-corrected chi connectivity index (χ3v) is 4.65. The molecular formula is C16H17NO3S. The minimum Gasteiger partial charge on any atom is -0.482 e. The van der Waals surface area contributed by atoms with Crippen molar-refractivity contribution in [1.29, 1.82) is 0 Å². The van der Waals surface area contributed by atoms with E-state index in [2.05, 4.69) is 11.4 Å². The van der Waals surface area contributed by atoms with Gasteiger partial charge in [0.05, 0.1) is 17.1 Å². The van der Waals surface area contributed by atoms with E-state index in [0.717, 1.165) is 11.3 Å². The lowest BCUT2D eigenvalue weighted by molar-refractivity contribution is 0.210. The molecule has 1 atom stereocenters. The van der Waals surface area contributed by atoms with Gasteiger partial charge in [0.1, 0.15) is 11.9 Å². The molecule has 3 rings (SSSR count). The highest BCUT2D eigenvalue weighted by Gasteiger charge is 2.22. The number of aryl methyl sites for hydroxylation is 1. The highest BCUT2D eigenvalue weighted by molar-refractivity contribution is 7.90. The van der Waals surface area contributed by atoms with Crippen molar-refractivity contribution in [3.8, 4) is 5.75 Å². The van der Waals surface area contributed by atoms with E-state index in [-0.39, 0.29) is 6.10 Å². The van der Waals surface area contributed by atoms with Crippen LogP contribution in [-0.2, 0) is 9.84 Å². The number of fused-ring (bicyclic) bond motifs is 1. The van der Waals surface area contributed by atoms with Gasteiger partial charge in [-0.1, -0.05) is 29.8 Å². The summed E-state index contributed by atoms with van der Waals surface area (Å²) in [6.07, 6.45) is 1.13. The Kier molecular flexibility index (Phi) is 3.37. The molecule has 5 heteroatoms. The summed E-state index contributed by atoms with van der Waals surface area (Å²) in [6.45, 7) is 2.66. The van der Waals surface area contributed by atoms with Crippen molar-refractivity contribution in [3.63, 3.8) is 0 Å². The molecule has 2 aromatic rings. The minimum absolute atomic E-state index is 0.0681. The van der Waals surface area contributed by atoms with E-state index in [4.69, 9.17) is 4.74 Å². The van der Waals surface area contributed by atoms with Crippen molar-refractivity contribution in [2.45, 2.75) is 17.9 Å². The van der Waals surface area contributed by atoms with Crippen molar-refractivity contribution in [2.24, 2.45) is 0 Å². The van der Waals surface area contributed by atoms with Crippen LogP contribution in [0, 0.1) is 6.92 Å². The van der Waals surface area contributed by atoms with Gasteiger partial charge in [-0.2, -0.15) is 0 Å². The zero-order valence-electron chi connectivity index (χ0n) is 12.0. The Hall–Kier alpha value is -2.01. The molecule has 2 aromatic carbocycles. The van der Waals surface area contributed by atoms with Crippen LogP contribution in [0.15, 0.2) is 47.4 Å². The summed E-state index contributed by atoms with van der Waals surface area (Å²) in [4.78, 5) is 0.298. The number of sulfone groups is 1. The molecule has 0 radical (unpaired) electrons. The van der Waals surface area contributed by atoms with Gasteiger partial charge in [0, 0.05) is 6.26 Å². The Morgan fingerprint density at radius 2 is 2.00 bits per heavy atom. The van der Waals surface area contributed by atoms with Crippen LogP contribution >= 0.6 is 0 Å². The van der Waals surface area contributed by atoms with E-state index in [1.807, 2.05) is 25.1 Å². The first kappa shape index (κ1) is 13.9. The smallest absolute Gasteiger partial charge is 0.175 e. The predicted octanol–water partition coefficient (Wildman–Crippen LogP) is 2.94. The molecule has 0 amide bonds. The second kappa shape index (κ2) is 5.07. The minimum atomic E-state index is -3.20. The maximum atomic E-state index is 11.6. The van der Waals surface area contributed by atoms with Crippen molar-refractivity contribution < 1.29 is 13.2 Å². The van der Waals surface area contributed by atoms with Gasteiger partial charge in [0.25, 0.3) is 0 Å². The van der Waals surface area contributed by atoms with Gasteiger partial charge in [-0.25, -0.2) is 8.42 Å². The fraction of sp³-hybridized carbons (Fsp3) is 0.250. The first-order valence-electron chi connectivity index (χ1n) is 6.75. The molecule has 110 valence electrons. The monoisotopic (exact) mass is 303 g/mol.